The Morgan fingerprint density at radius 2 is 2.20 bits per heavy atom. The smallest absolute Gasteiger partial charge is 0.304 e. The Morgan fingerprint density at radius 3 is 2.20 bits per heavy atom. The first kappa shape index (κ1) is 9.29. The van der Waals surface area contributed by atoms with Crippen molar-refractivity contribution in [2.24, 2.45) is 0 Å². The van der Waals surface area contributed by atoms with Gasteiger partial charge in [0.05, 0.1) is 13.0 Å². The predicted molar refractivity (Wildman–Crippen MR) is 39.1 cm³/mol. The zero-order valence-corrected chi connectivity index (χ0v) is 6.23. The van der Waals surface area contributed by atoms with Crippen LogP contribution >= 0.6 is 12.6 Å². The van der Waals surface area contributed by atoms with Gasteiger partial charge >= 0.3 is 5.97 Å². The molecule has 1 heterocycles. The minimum Gasteiger partial charge on any atom is -0.481 e. The number of carbonyl (C=O) groups excluding carboxylic acids is 1. The number of thiol groups is 1. The fraction of sp³-hybridized carbons (Fsp3) is 0.600. The van der Waals surface area contributed by atoms with Crippen LogP contribution in [0, 0.1) is 0 Å². The summed E-state index contributed by atoms with van der Waals surface area (Å²) in [5, 5.41) is 10.3. The first-order valence-electron chi connectivity index (χ1n) is 2.76. The van der Waals surface area contributed by atoms with Crippen LogP contribution in [0.2, 0.25) is 0 Å². The van der Waals surface area contributed by atoms with Crippen LogP contribution in [0.4, 0.5) is 0 Å². The van der Waals surface area contributed by atoms with Crippen LogP contribution in [0.5, 0.6) is 0 Å². The summed E-state index contributed by atoms with van der Waals surface area (Å²) in [6.45, 7) is 0.597. The number of rotatable bonds is 2. The fourth-order valence-electron chi connectivity index (χ4n) is 0.132. The lowest BCUT2D eigenvalue weighted by Crippen LogP contribution is -1.93. The molecule has 1 amide bonds. The van der Waals surface area contributed by atoms with Crippen LogP contribution in [-0.2, 0) is 9.59 Å². The molecule has 1 aliphatic rings. The Bertz CT molecular complexity index is 131. The molecule has 4 nitrogen and oxygen atoms in total. The molecule has 0 aliphatic carbocycles. The molecule has 0 radical (unpaired) electrons. The SMILES string of the molecule is O=C(O)CCS.O=C1CN1. The third-order valence-electron chi connectivity index (χ3n) is 0.647. The maximum atomic E-state index is 9.55. The summed E-state index contributed by atoms with van der Waals surface area (Å²) in [5.41, 5.74) is 0. The van der Waals surface area contributed by atoms with E-state index in [1.54, 1.807) is 0 Å². The number of aliphatic carboxylic acids is 1. The van der Waals surface area contributed by atoms with Gasteiger partial charge in [-0.25, -0.2) is 0 Å². The Hall–Kier alpha value is -0.710. The van der Waals surface area contributed by atoms with E-state index < -0.39 is 5.97 Å². The largest absolute Gasteiger partial charge is 0.481 e. The first-order valence-corrected chi connectivity index (χ1v) is 3.39. The number of amides is 1. The Balaban J connectivity index is 0.000000172. The van der Waals surface area contributed by atoms with Crippen molar-refractivity contribution in [1.29, 1.82) is 0 Å². The van der Waals surface area contributed by atoms with E-state index >= 15 is 0 Å². The van der Waals surface area contributed by atoms with Crippen LogP contribution in [0.15, 0.2) is 0 Å². The highest BCUT2D eigenvalue weighted by molar-refractivity contribution is 7.80. The normalized spacial score (nSPS) is 12.7. The molecule has 1 rings (SSSR count). The Labute approximate surface area is 64.0 Å². The number of carboxylic acids is 1. The van der Waals surface area contributed by atoms with Crippen molar-refractivity contribution in [2.75, 3.05) is 12.3 Å². The lowest BCUT2D eigenvalue weighted by molar-refractivity contribution is -0.136. The highest BCUT2D eigenvalue weighted by atomic mass is 32.1. The minimum atomic E-state index is -0.787. The van der Waals surface area contributed by atoms with Crippen molar-refractivity contribution in [3.8, 4) is 0 Å². The molecule has 0 bridgehead atoms. The standard InChI is InChI=1S/C3H6O2S.C2H3NO/c4-3(5)1-2-6;4-2-1-3-2/h6H,1-2H2,(H,4,5);1H2,(H,3,4). The molecule has 0 aromatic rings. The van der Waals surface area contributed by atoms with E-state index in [1.165, 1.54) is 0 Å². The van der Waals surface area contributed by atoms with E-state index in [4.69, 9.17) is 5.11 Å². The summed E-state index contributed by atoms with van der Waals surface area (Å²) in [6.07, 6.45) is 0.156. The highest BCUT2D eigenvalue weighted by Crippen LogP contribution is 1.79. The molecule has 1 saturated heterocycles. The fourth-order valence-corrected chi connectivity index (χ4v) is 0.323. The van der Waals surface area contributed by atoms with Crippen molar-refractivity contribution in [1.82, 2.24) is 5.32 Å². The van der Waals surface area contributed by atoms with Crippen LogP contribution in [0.25, 0.3) is 0 Å². The molecular weight excluding hydrogens is 154 g/mol. The van der Waals surface area contributed by atoms with Gasteiger partial charge in [0.15, 0.2) is 0 Å². The molecular formula is C5H9NO3S. The number of carbonyl (C=O) groups is 2. The van der Waals surface area contributed by atoms with Gasteiger partial charge in [-0.15, -0.1) is 0 Å². The number of hydrogen-bond acceptors (Lipinski definition) is 3. The van der Waals surface area contributed by atoms with Crippen LogP contribution in [0.3, 0.4) is 0 Å². The third-order valence-corrected chi connectivity index (χ3v) is 0.870. The van der Waals surface area contributed by atoms with Gasteiger partial charge in [-0.05, 0) is 0 Å². The average molecular weight is 163 g/mol. The lowest BCUT2D eigenvalue weighted by Gasteiger charge is -1.79. The zero-order valence-electron chi connectivity index (χ0n) is 5.33. The second-order valence-electron chi connectivity index (χ2n) is 1.64. The summed E-state index contributed by atoms with van der Waals surface area (Å²) in [5.74, 6) is -0.194. The Morgan fingerprint density at radius 1 is 1.80 bits per heavy atom. The van der Waals surface area contributed by atoms with Gasteiger partial charge in [0.25, 0.3) is 0 Å². The molecule has 5 heteroatoms. The van der Waals surface area contributed by atoms with Crippen LogP contribution < -0.4 is 5.32 Å². The second-order valence-corrected chi connectivity index (χ2v) is 2.09. The maximum absolute atomic E-state index is 9.55. The summed E-state index contributed by atoms with van der Waals surface area (Å²) in [6, 6.07) is 0. The van der Waals surface area contributed by atoms with Gasteiger partial charge in [-0.1, -0.05) is 0 Å². The van der Waals surface area contributed by atoms with E-state index in [0.717, 1.165) is 0 Å². The molecule has 10 heavy (non-hydrogen) atoms. The van der Waals surface area contributed by atoms with Gasteiger partial charge in [0.2, 0.25) is 5.91 Å². The van der Waals surface area contributed by atoms with Gasteiger partial charge in [-0.3, -0.25) is 9.59 Å². The number of hydrogen-bond donors (Lipinski definition) is 3. The van der Waals surface area contributed by atoms with Crippen molar-refractivity contribution < 1.29 is 14.7 Å². The van der Waals surface area contributed by atoms with Crippen LogP contribution in [-0.4, -0.2) is 29.3 Å². The molecule has 1 fully saturated rings. The van der Waals surface area contributed by atoms with Gasteiger partial charge in [0, 0.05) is 5.75 Å². The molecule has 2 N–H and O–H groups in total. The van der Waals surface area contributed by atoms with Crippen molar-refractivity contribution in [3.05, 3.63) is 0 Å². The summed E-state index contributed by atoms with van der Waals surface area (Å²) in [4.78, 5) is 19.0. The number of nitrogens with one attached hydrogen (secondary N) is 1. The minimum absolute atomic E-state index is 0.156. The monoisotopic (exact) mass is 163 g/mol. The molecule has 0 saturated carbocycles. The number of carboxylic acid groups (broad SMARTS) is 1. The molecule has 0 unspecified atom stereocenters. The summed E-state index contributed by atoms with van der Waals surface area (Å²) >= 11 is 3.68. The topological polar surface area (TPSA) is 76.3 Å². The second kappa shape index (κ2) is 5.10. The lowest BCUT2D eigenvalue weighted by atomic mass is 10.5. The maximum Gasteiger partial charge on any atom is 0.304 e. The average Bonchev–Trinajstić information content (AvgIpc) is 2.52. The van der Waals surface area contributed by atoms with E-state index in [9.17, 15) is 9.59 Å². The Kier molecular flexibility index (Phi) is 4.74. The van der Waals surface area contributed by atoms with Crippen LogP contribution in [0.1, 0.15) is 6.42 Å². The summed E-state index contributed by atoms with van der Waals surface area (Å²) in [7, 11) is 0. The zero-order chi connectivity index (χ0) is 7.98. The molecule has 0 aromatic carbocycles. The molecule has 58 valence electrons. The van der Waals surface area contributed by atoms with E-state index in [1.807, 2.05) is 0 Å². The molecule has 0 aromatic heterocycles. The molecule has 1 aliphatic heterocycles. The van der Waals surface area contributed by atoms with Crippen molar-refractivity contribution >= 4 is 24.5 Å². The quantitative estimate of drug-likeness (QED) is 0.379. The van der Waals surface area contributed by atoms with E-state index in [0.29, 0.717) is 12.3 Å². The van der Waals surface area contributed by atoms with Gasteiger partial charge in [0.1, 0.15) is 0 Å². The van der Waals surface area contributed by atoms with Crippen molar-refractivity contribution in [3.63, 3.8) is 0 Å². The highest BCUT2D eigenvalue weighted by Gasteiger charge is 2.10. The molecule has 0 spiro atoms. The summed E-state index contributed by atoms with van der Waals surface area (Å²) < 4.78 is 0. The van der Waals surface area contributed by atoms with Gasteiger partial charge < -0.3 is 10.4 Å². The van der Waals surface area contributed by atoms with E-state index in [-0.39, 0.29) is 12.3 Å². The first-order chi connectivity index (χ1) is 4.66. The van der Waals surface area contributed by atoms with E-state index in [2.05, 4.69) is 17.9 Å². The van der Waals surface area contributed by atoms with Crippen molar-refractivity contribution in [2.45, 2.75) is 6.42 Å². The molecule has 0 atom stereocenters. The third kappa shape index (κ3) is 10.3. The van der Waals surface area contributed by atoms with Gasteiger partial charge in [-0.2, -0.15) is 12.6 Å². The predicted octanol–water partition coefficient (Wildman–Crippen LogP) is -0.493.